The van der Waals surface area contributed by atoms with Gasteiger partial charge in [0.25, 0.3) is 20.2 Å². The van der Waals surface area contributed by atoms with Gasteiger partial charge in [0.2, 0.25) is 0 Å². The van der Waals surface area contributed by atoms with Gasteiger partial charge in [0.15, 0.2) is 0 Å². The second-order valence-electron chi connectivity index (χ2n) is 5.94. The number of benzene rings is 2. The second kappa shape index (κ2) is 13.1. The van der Waals surface area contributed by atoms with Gasteiger partial charge in [-0.15, -0.1) is 0 Å². The summed E-state index contributed by atoms with van der Waals surface area (Å²) in [5.74, 6) is -0.849. The summed E-state index contributed by atoms with van der Waals surface area (Å²) >= 11 is 0. The van der Waals surface area contributed by atoms with Crippen molar-refractivity contribution in [1.29, 1.82) is 0 Å². The Morgan fingerprint density at radius 1 is 0.833 bits per heavy atom. The summed E-state index contributed by atoms with van der Waals surface area (Å²) in [6.07, 6.45) is 0. The van der Waals surface area contributed by atoms with Crippen LogP contribution in [0.25, 0.3) is 0 Å². The first-order chi connectivity index (χ1) is 13.8. The van der Waals surface area contributed by atoms with E-state index in [1.54, 1.807) is 24.3 Å². The average molecular weight is 463 g/mol. The van der Waals surface area contributed by atoms with Crippen LogP contribution in [0.4, 0.5) is 0 Å². The molecule has 6 N–H and O–H groups in total. The molecule has 0 amide bonds. The van der Waals surface area contributed by atoms with E-state index in [-0.39, 0.29) is 16.3 Å². The number of hydrogen-bond acceptors (Lipinski definition) is 7. The number of hydrogen-bond donors (Lipinski definition) is 5. The zero-order chi connectivity index (χ0) is 23.4. The minimum Gasteiger partial charge on any atom is -0.480 e. The Bertz CT molecular complexity index is 914. The fourth-order valence-electron chi connectivity index (χ4n) is 1.72. The van der Waals surface area contributed by atoms with Crippen molar-refractivity contribution in [3.63, 3.8) is 0 Å². The molecule has 0 aromatic heterocycles. The predicted octanol–water partition coefficient (Wildman–Crippen LogP) is 1.10. The third-order valence-electron chi connectivity index (χ3n) is 3.24. The smallest absolute Gasteiger partial charge is 0.317 e. The van der Waals surface area contributed by atoms with Gasteiger partial charge in [-0.3, -0.25) is 13.9 Å². The van der Waals surface area contributed by atoms with Crippen LogP contribution in [0.5, 0.6) is 0 Å². The lowest BCUT2D eigenvalue weighted by molar-refractivity contribution is -0.135. The van der Waals surface area contributed by atoms with Crippen LogP contribution in [0.15, 0.2) is 58.3 Å². The lowest BCUT2D eigenvalue weighted by atomic mass is 10.2. The molecule has 2 rings (SSSR count). The first-order valence-electron chi connectivity index (χ1n) is 8.48. The number of carboxylic acid groups (broad SMARTS) is 1. The van der Waals surface area contributed by atoms with Crippen LogP contribution in [0.2, 0.25) is 0 Å². The molecule has 0 heterocycles. The molecule has 0 aliphatic heterocycles. The first-order valence-corrected chi connectivity index (χ1v) is 11.4. The molecule has 10 nitrogen and oxygen atoms in total. The molecule has 0 unspecified atom stereocenters. The van der Waals surface area contributed by atoms with Gasteiger partial charge in [-0.2, -0.15) is 16.8 Å². The molecule has 12 heteroatoms. The molecule has 2 aromatic carbocycles. The molecule has 2 aromatic rings. The van der Waals surface area contributed by atoms with Gasteiger partial charge in [-0.25, -0.2) is 0 Å². The van der Waals surface area contributed by atoms with Crippen LogP contribution in [0.3, 0.4) is 0 Å². The Balaban J connectivity index is 0.000000428. The van der Waals surface area contributed by atoms with Gasteiger partial charge in [0.05, 0.1) is 16.3 Å². The van der Waals surface area contributed by atoms with Gasteiger partial charge in [0.1, 0.15) is 0 Å². The van der Waals surface area contributed by atoms with Crippen molar-refractivity contribution in [1.82, 2.24) is 5.32 Å². The maximum absolute atomic E-state index is 10.5. The van der Waals surface area contributed by atoms with E-state index in [0.717, 1.165) is 11.1 Å². The second-order valence-corrected chi connectivity index (χ2v) is 8.78. The van der Waals surface area contributed by atoms with E-state index in [1.165, 1.54) is 24.3 Å². The highest BCUT2D eigenvalue weighted by molar-refractivity contribution is 7.86. The summed E-state index contributed by atoms with van der Waals surface area (Å²) in [4.78, 5) is 9.64. The van der Waals surface area contributed by atoms with E-state index in [9.17, 15) is 21.6 Å². The molecular weight excluding hydrogens is 436 g/mol. The van der Waals surface area contributed by atoms with Crippen LogP contribution >= 0.6 is 0 Å². The summed E-state index contributed by atoms with van der Waals surface area (Å²) in [5, 5.41) is 10.6. The molecule has 0 aliphatic carbocycles. The van der Waals surface area contributed by atoms with Crippen molar-refractivity contribution in [2.24, 2.45) is 5.73 Å². The summed E-state index contributed by atoms with van der Waals surface area (Å²) in [7, 11) is -8.04. The molecule has 0 aliphatic rings. The molecule has 168 valence electrons. The Morgan fingerprint density at radius 3 is 1.40 bits per heavy atom. The van der Waals surface area contributed by atoms with Crippen molar-refractivity contribution in [3.8, 4) is 0 Å². The Hall–Kier alpha value is -2.35. The van der Waals surface area contributed by atoms with Crippen molar-refractivity contribution < 1.29 is 35.8 Å². The first kappa shape index (κ1) is 27.6. The number of carboxylic acids is 1. The topological polar surface area (TPSA) is 184 Å². The van der Waals surface area contributed by atoms with Crippen molar-refractivity contribution in [3.05, 3.63) is 59.7 Å². The standard InChI is InChI=1S/2C7H8O3S.C4H10N2O2/c2*1-6-2-4-7(5-3-6)11(8,9)10;5-1-2-6-3-4(7)8/h2*2-5H,1H3,(H,8,9,10);6H,1-3,5H2,(H,7,8). The van der Waals surface area contributed by atoms with Crippen LogP contribution in [0, 0.1) is 13.8 Å². The fourth-order valence-corrected chi connectivity index (χ4v) is 2.68. The number of nitrogens with one attached hydrogen (secondary N) is 1. The average Bonchev–Trinajstić information content (AvgIpc) is 2.62. The van der Waals surface area contributed by atoms with E-state index < -0.39 is 26.2 Å². The Morgan fingerprint density at radius 2 is 1.17 bits per heavy atom. The summed E-state index contributed by atoms with van der Waals surface area (Å²) in [6, 6.07) is 12.0. The highest BCUT2D eigenvalue weighted by atomic mass is 32.2. The van der Waals surface area contributed by atoms with Gasteiger partial charge >= 0.3 is 5.97 Å². The minimum atomic E-state index is -4.02. The molecule has 0 saturated carbocycles. The SMILES string of the molecule is Cc1ccc(S(=O)(=O)O)cc1.Cc1ccc(S(=O)(=O)O)cc1.NCCNCC(=O)O. The van der Waals surface area contributed by atoms with Crippen LogP contribution in [0.1, 0.15) is 11.1 Å². The quantitative estimate of drug-likeness (QED) is 0.307. The molecular formula is C18H26N2O8S2. The van der Waals surface area contributed by atoms with E-state index in [2.05, 4.69) is 5.32 Å². The van der Waals surface area contributed by atoms with Gasteiger partial charge in [0, 0.05) is 13.1 Å². The Labute approximate surface area is 176 Å². The molecule has 0 fully saturated rings. The van der Waals surface area contributed by atoms with E-state index >= 15 is 0 Å². The number of rotatable bonds is 6. The monoisotopic (exact) mass is 462 g/mol. The predicted molar refractivity (Wildman–Crippen MR) is 112 cm³/mol. The van der Waals surface area contributed by atoms with E-state index in [0.29, 0.717) is 13.1 Å². The van der Waals surface area contributed by atoms with Crippen LogP contribution < -0.4 is 11.1 Å². The maximum Gasteiger partial charge on any atom is 0.317 e. The lowest BCUT2D eigenvalue weighted by Gasteiger charge is -1.95. The third-order valence-corrected chi connectivity index (χ3v) is 4.97. The summed E-state index contributed by atoms with van der Waals surface area (Å²) < 4.78 is 59.1. The molecule has 0 spiro atoms. The fraction of sp³-hybridized carbons (Fsp3) is 0.278. The number of aliphatic carboxylic acids is 1. The van der Waals surface area contributed by atoms with Crippen LogP contribution in [-0.4, -0.2) is 56.7 Å². The number of carbonyl (C=O) groups is 1. The third kappa shape index (κ3) is 13.0. The highest BCUT2D eigenvalue weighted by Crippen LogP contribution is 2.09. The largest absolute Gasteiger partial charge is 0.480 e. The number of aryl methyl sites for hydroxylation is 2. The molecule has 0 atom stereocenters. The summed E-state index contributed by atoms with van der Waals surface area (Å²) in [5.41, 5.74) is 6.97. The van der Waals surface area contributed by atoms with Gasteiger partial charge in [-0.1, -0.05) is 35.4 Å². The molecule has 30 heavy (non-hydrogen) atoms. The van der Waals surface area contributed by atoms with E-state index in [4.69, 9.17) is 19.9 Å². The number of nitrogens with two attached hydrogens (primary N) is 1. The summed E-state index contributed by atoms with van der Waals surface area (Å²) in [6.45, 7) is 4.72. The normalized spacial score (nSPS) is 10.8. The molecule has 0 saturated heterocycles. The molecule has 0 bridgehead atoms. The van der Waals surface area contributed by atoms with Crippen LogP contribution in [-0.2, 0) is 25.0 Å². The molecule has 0 radical (unpaired) electrons. The maximum atomic E-state index is 10.5. The lowest BCUT2D eigenvalue weighted by Crippen LogP contribution is -2.27. The van der Waals surface area contributed by atoms with Gasteiger partial charge < -0.3 is 16.2 Å². The minimum absolute atomic E-state index is 0.00278. The van der Waals surface area contributed by atoms with Gasteiger partial charge in [-0.05, 0) is 38.1 Å². The zero-order valence-electron chi connectivity index (χ0n) is 16.5. The zero-order valence-corrected chi connectivity index (χ0v) is 18.1. The van der Waals surface area contributed by atoms with E-state index in [1.807, 2.05) is 13.8 Å². The highest BCUT2D eigenvalue weighted by Gasteiger charge is 2.07. The van der Waals surface area contributed by atoms with Crippen molar-refractivity contribution in [2.45, 2.75) is 23.6 Å². The van der Waals surface area contributed by atoms with Crippen molar-refractivity contribution in [2.75, 3.05) is 19.6 Å². The Kier molecular flexibility index (Phi) is 12.0. The van der Waals surface area contributed by atoms with Crippen molar-refractivity contribution >= 4 is 26.2 Å².